The largest absolute Gasteiger partial charge is 0.350 e. The number of aryl methyl sites for hydroxylation is 2. The first-order chi connectivity index (χ1) is 15.0. The number of rotatable bonds is 6. The topological polar surface area (TPSA) is 49.4 Å². The molecule has 1 heterocycles. The van der Waals surface area contributed by atoms with Crippen LogP contribution in [0.2, 0.25) is 5.02 Å². The van der Waals surface area contributed by atoms with E-state index in [-0.39, 0.29) is 24.1 Å². The lowest BCUT2D eigenvalue weighted by Crippen LogP contribution is -2.32. The van der Waals surface area contributed by atoms with Gasteiger partial charge in [0.15, 0.2) is 0 Å². The molecule has 0 bridgehead atoms. The van der Waals surface area contributed by atoms with Crippen LogP contribution in [0.3, 0.4) is 0 Å². The number of carbonyl (C=O) groups excluding carboxylic acids is 2. The Balaban J connectivity index is 1.73. The number of nitrogens with zero attached hydrogens (tertiary/aromatic N) is 1. The number of amides is 2. The average Bonchev–Trinajstić information content (AvgIpc) is 3.00. The molecule has 156 valence electrons. The maximum Gasteiger partial charge on any atom is 0.278 e. The Bertz CT molecular complexity index is 1160. The molecule has 1 aliphatic heterocycles. The van der Waals surface area contributed by atoms with Crippen molar-refractivity contribution in [3.8, 4) is 0 Å². The van der Waals surface area contributed by atoms with Gasteiger partial charge in [0.2, 0.25) is 0 Å². The molecule has 0 atom stereocenters. The molecule has 0 unspecified atom stereocenters. The Morgan fingerprint density at radius 2 is 1.55 bits per heavy atom. The molecular weight excluding hydrogens is 408 g/mol. The summed E-state index contributed by atoms with van der Waals surface area (Å²) in [4.78, 5) is 28.0. The van der Waals surface area contributed by atoms with Crippen LogP contribution in [0.5, 0.6) is 0 Å². The maximum atomic E-state index is 13.4. The van der Waals surface area contributed by atoms with Gasteiger partial charge in [0.05, 0.1) is 12.1 Å². The van der Waals surface area contributed by atoms with Crippen LogP contribution < -0.4 is 5.32 Å². The molecule has 0 fully saturated rings. The Kier molecular flexibility index (Phi) is 5.92. The van der Waals surface area contributed by atoms with Gasteiger partial charge in [-0.2, -0.15) is 0 Å². The van der Waals surface area contributed by atoms with Gasteiger partial charge in [-0.05, 0) is 48.2 Å². The summed E-state index contributed by atoms with van der Waals surface area (Å²) in [5.74, 6) is -0.693. The van der Waals surface area contributed by atoms with E-state index in [1.54, 1.807) is 6.07 Å². The molecule has 3 aromatic rings. The predicted molar refractivity (Wildman–Crippen MR) is 125 cm³/mol. The fraction of sp³-hybridized carbons (Fsp3) is 0.154. The first-order valence-corrected chi connectivity index (χ1v) is 10.6. The van der Waals surface area contributed by atoms with Crippen molar-refractivity contribution in [2.75, 3.05) is 5.32 Å². The summed E-state index contributed by atoms with van der Waals surface area (Å²) in [6.07, 6.45) is 0.931. The van der Waals surface area contributed by atoms with E-state index in [4.69, 9.17) is 11.6 Å². The van der Waals surface area contributed by atoms with Crippen molar-refractivity contribution in [2.45, 2.75) is 26.8 Å². The van der Waals surface area contributed by atoms with Crippen LogP contribution in [0.15, 0.2) is 78.5 Å². The standard InChI is InChI=1S/C26H23ClN2O2/c1-3-18-10-14-21(15-11-18)28-24-23(19-12-8-17(2)9-13-19)25(30)29(26(24)31)16-20-6-4-5-7-22(20)27/h4-15,28H,3,16H2,1-2H3. The molecule has 0 saturated carbocycles. The summed E-state index contributed by atoms with van der Waals surface area (Å²) in [5, 5.41) is 3.73. The summed E-state index contributed by atoms with van der Waals surface area (Å²) in [7, 11) is 0. The number of imide groups is 1. The highest BCUT2D eigenvalue weighted by Gasteiger charge is 2.39. The lowest BCUT2D eigenvalue weighted by atomic mass is 10.0. The number of hydrogen-bond donors (Lipinski definition) is 1. The van der Waals surface area contributed by atoms with Gasteiger partial charge in [0.25, 0.3) is 11.8 Å². The molecule has 0 aromatic heterocycles. The molecule has 31 heavy (non-hydrogen) atoms. The van der Waals surface area contributed by atoms with Crippen LogP contribution in [0.25, 0.3) is 5.57 Å². The Morgan fingerprint density at radius 3 is 2.19 bits per heavy atom. The second-order valence-electron chi connectivity index (χ2n) is 7.58. The van der Waals surface area contributed by atoms with Crippen molar-refractivity contribution in [2.24, 2.45) is 0 Å². The summed E-state index contributed by atoms with van der Waals surface area (Å²) < 4.78 is 0. The van der Waals surface area contributed by atoms with Gasteiger partial charge in [-0.3, -0.25) is 14.5 Å². The van der Waals surface area contributed by atoms with E-state index < -0.39 is 0 Å². The number of nitrogens with one attached hydrogen (secondary N) is 1. The van der Waals surface area contributed by atoms with Gasteiger partial charge in [-0.25, -0.2) is 0 Å². The zero-order chi connectivity index (χ0) is 22.0. The molecule has 0 saturated heterocycles. The van der Waals surface area contributed by atoms with Crippen LogP contribution in [-0.2, 0) is 22.6 Å². The first-order valence-electron chi connectivity index (χ1n) is 10.2. The maximum absolute atomic E-state index is 13.4. The van der Waals surface area contributed by atoms with Crippen molar-refractivity contribution in [3.63, 3.8) is 0 Å². The Hall–Kier alpha value is -3.37. The number of benzene rings is 3. The van der Waals surface area contributed by atoms with E-state index >= 15 is 0 Å². The molecular formula is C26H23ClN2O2. The monoisotopic (exact) mass is 430 g/mol. The van der Waals surface area contributed by atoms with Crippen molar-refractivity contribution < 1.29 is 9.59 Å². The van der Waals surface area contributed by atoms with E-state index in [0.717, 1.165) is 23.2 Å². The third-order valence-electron chi connectivity index (χ3n) is 5.43. The molecule has 5 heteroatoms. The molecule has 2 amide bonds. The van der Waals surface area contributed by atoms with E-state index in [1.807, 2.05) is 73.7 Å². The van der Waals surface area contributed by atoms with E-state index in [2.05, 4.69) is 12.2 Å². The number of halogens is 1. The lowest BCUT2D eigenvalue weighted by molar-refractivity contribution is -0.137. The molecule has 1 aliphatic rings. The van der Waals surface area contributed by atoms with Crippen molar-refractivity contribution in [1.29, 1.82) is 0 Å². The number of hydrogen-bond acceptors (Lipinski definition) is 3. The van der Waals surface area contributed by atoms with Gasteiger partial charge in [-0.15, -0.1) is 0 Å². The molecule has 0 radical (unpaired) electrons. The Labute approximate surface area is 187 Å². The second-order valence-corrected chi connectivity index (χ2v) is 7.99. The van der Waals surface area contributed by atoms with Crippen LogP contribution >= 0.6 is 11.6 Å². The zero-order valence-electron chi connectivity index (χ0n) is 17.5. The normalized spacial score (nSPS) is 13.8. The van der Waals surface area contributed by atoms with Gasteiger partial charge in [0, 0.05) is 10.7 Å². The van der Waals surface area contributed by atoms with E-state index in [1.165, 1.54) is 10.5 Å². The average molecular weight is 431 g/mol. The summed E-state index contributed by atoms with van der Waals surface area (Å²) in [5.41, 5.74) is 5.13. The van der Waals surface area contributed by atoms with Gasteiger partial charge < -0.3 is 5.32 Å². The molecule has 0 aliphatic carbocycles. The SMILES string of the molecule is CCc1ccc(NC2=C(c3ccc(C)cc3)C(=O)N(Cc3ccccc3Cl)C2=O)cc1. The first kappa shape index (κ1) is 20.9. The fourth-order valence-corrected chi connectivity index (χ4v) is 3.78. The van der Waals surface area contributed by atoms with Crippen molar-refractivity contribution >= 4 is 34.7 Å². The van der Waals surface area contributed by atoms with Gasteiger partial charge in [0.1, 0.15) is 5.70 Å². The quantitative estimate of drug-likeness (QED) is 0.517. The highest BCUT2D eigenvalue weighted by molar-refractivity contribution is 6.36. The number of carbonyl (C=O) groups is 2. The van der Waals surface area contributed by atoms with Crippen LogP contribution in [0.1, 0.15) is 29.2 Å². The van der Waals surface area contributed by atoms with Crippen LogP contribution in [-0.4, -0.2) is 16.7 Å². The summed E-state index contributed by atoms with van der Waals surface area (Å²) in [6.45, 7) is 4.19. The minimum Gasteiger partial charge on any atom is -0.350 e. The smallest absolute Gasteiger partial charge is 0.278 e. The lowest BCUT2D eigenvalue weighted by Gasteiger charge is -2.16. The van der Waals surface area contributed by atoms with Crippen molar-refractivity contribution in [3.05, 3.63) is 106 Å². The summed E-state index contributed by atoms with van der Waals surface area (Å²) in [6, 6.07) is 22.7. The third kappa shape index (κ3) is 4.25. The number of anilines is 1. The van der Waals surface area contributed by atoms with Crippen molar-refractivity contribution in [1.82, 2.24) is 4.90 Å². The van der Waals surface area contributed by atoms with Gasteiger partial charge >= 0.3 is 0 Å². The van der Waals surface area contributed by atoms with Gasteiger partial charge in [-0.1, -0.05) is 78.7 Å². The molecule has 4 rings (SSSR count). The minimum atomic E-state index is -0.361. The highest BCUT2D eigenvalue weighted by atomic mass is 35.5. The molecule has 0 spiro atoms. The highest BCUT2D eigenvalue weighted by Crippen LogP contribution is 2.32. The van der Waals surface area contributed by atoms with E-state index in [0.29, 0.717) is 16.2 Å². The third-order valence-corrected chi connectivity index (χ3v) is 5.79. The van der Waals surface area contributed by atoms with E-state index in [9.17, 15) is 9.59 Å². The predicted octanol–water partition coefficient (Wildman–Crippen LogP) is 5.60. The molecule has 4 nitrogen and oxygen atoms in total. The molecule has 3 aromatic carbocycles. The van der Waals surface area contributed by atoms with Crippen LogP contribution in [0, 0.1) is 6.92 Å². The minimum absolute atomic E-state index is 0.118. The fourth-order valence-electron chi connectivity index (χ4n) is 3.59. The van der Waals surface area contributed by atoms with Crippen LogP contribution in [0.4, 0.5) is 5.69 Å². The Morgan fingerprint density at radius 1 is 0.871 bits per heavy atom. The second kappa shape index (κ2) is 8.78. The summed E-state index contributed by atoms with van der Waals surface area (Å²) >= 11 is 6.29. The zero-order valence-corrected chi connectivity index (χ0v) is 18.2. The molecule has 1 N–H and O–H groups in total.